The van der Waals surface area contributed by atoms with Crippen molar-refractivity contribution < 1.29 is 24.2 Å². The Labute approximate surface area is 136 Å². The molecule has 0 amide bonds. The number of carbonyl (C=O) groups excluding carboxylic acids is 2. The van der Waals surface area contributed by atoms with Gasteiger partial charge < -0.3 is 4.74 Å². The summed E-state index contributed by atoms with van der Waals surface area (Å²) in [6, 6.07) is 2.71. The van der Waals surface area contributed by atoms with Crippen LogP contribution in [0.1, 0.15) is 48.9 Å². The Hall–Kier alpha value is -2.84. The molecule has 0 heterocycles. The van der Waals surface area contributed by atoms with E-state index in [0.29, 0.717) is 38.5 Å². The first kappa shape index (κ1) is 17.5. The molecule has 0 bridgehead atoms. The molecule has 2 rings (SSSR count). The first-order valence-corrected chi connectivity index (χ1v) is 7.53. The maximum absolute atomic E-state index is 12.2. The van der Waals surface area contributed by atoms with Crippen LogP contribution in [-0.4, -0.2) is 27.7 Å². The molecule has 0 radical (unpaired) electrons. The fourth-order valence-corrected chi connectivity index (χ4v) is 2.58. The van der Waals surface area contributed by atoms with Gasteiger partial charge in [-0.05, 0) is 25.7 Å². The number of ketones is 1. The van der Waals surface area contributed by atoms with Crippen molar-refractivity contribution in [2.75, 3.05) is 0 Å². The second-order valence-corrected chi connectivity index (χ2v) is 5.60. The van der Waals surface area contributed by atoms with E-state index in [-0.39, 0.29) is 11.3 Å². The van der Waals surface area contributed by atoms with Crippen LogP contribution in [0.3, 0.4) is 0 Å². The monoisotopic (exact) mass is 336 g/mol. The zero-order valence-corrected chi connectivity index (χ0v) is 12.8. The number of benzene rings is 1. The number of esters is 1. The van der Waals surface area contributed by atoms with Gasteiger partial charge in [-0.2, -0.15) is 0 Å². The molecule has 9 nitrogen and oxygen atoms in total. The molecule has 0 N–H and O–H groups in total. The predicted octanol–water partition coefficient (Wildman–Crippen LogP) is 2.95. The van der Waals surface area contributed by atoms with Gasteiger partial charge in [-0.15, -0.1) is 0 Å². The normalized spacial score (nSPS) is 16.1. The number of hydrogen-bond acceptors (Lipinski definition) is 7. The summed E-state index contributed by atoms with van der Waals surface area (Å²) >= 11 is 0. The van der Waals surface area contributed by atoms with E-state index in [2.05, 4.69) is 0 Å². The van der Waals surface area contributed by atoms with Gasteiger partial charge in [0.2, 0.25) is 0 Å². The summed E-state index contributed by atoms with van der Waals surface area (Å²) in [5.41, 5.74) is -1.31. The summed E-state index contributed by atoms with van der Waals surface area (Å²) in [6.45, 7) is 0. The molecule has 1 aromatic rings. The van der Waals surface area contributed by atoms with Crippen molar-refractivity contribution in [3.8, 4) is 0 Å². The van der Waals surface area contributed by atoms with E-state index in [9.17, 15) is 29.8 Å². The molecule has 0 aromatic heterocycles. The van der Waals surface area contributed by atoms with Crippen LogP contribution in [0.25, 0.3) is 0 Å². The van der Waals surface area contributed by atoms with Crippen molar-refractivity contribution in [2.24, 2.45) is 0 Å². The average molecular weight is 336 g/mol. The SMILES string of the molecule is O=C1CCCC(OC(=O)c2cc([N+](=O)[O-])cc([N+](=O)[O-])c2)CCC1. The Morgan fingerprint density at radius 3 is 1.96 bits per heavy atom. The fraction of sp³-hybridized carbons (Fsp3) is 0.467. The second kappa shape index (κ2) is 7.62. The Balaban J connectivity index is 2.15. The van der Waals surface area contributed by atoms with Gasteiger partial charge in [0.05, 0.1) is 21.5 Å². The maximum atomic E-state index is 12.2. The van der Waals surface area contributed by atoms with Gasteiger partial charge in [-0.3, -0.25) is 25.0 Å². The molecule has 9 heteroatoms. The molecule has 0 atom stereocenters. The van der Waals surface area contributed by atoms with Gasteiger partial charge in [0, 0.05) is 25.0 Å². The summed E-state index contributed by atoms with van der Waals surface area (Å²) in [7, 11) is 0. The predicted molar refractivity (Wildman–Crippen MR) is 81.7 cm³/mol. The van der Waals surface area contributed by atoms with E-state index in [4.69, 9.17) is 4.74 Å². The fourth-order valence-electron chi connectivity index (χ4n) is 2.58. The lowest BCUT2D eigenvalue weighted by atomic mass is 9.97. The minimum Gasteiger partial charge on any atom is -0.459 e. The van der Waals surface area contributed by atoms with Crippen LogP contribution < -0.4 is 0 Å². The molecule has 0 saturated heterocycles. The highest BCUT2D eigenvalue weighted by atomic mass is 16.6. The topological polar surface area (TPSA) is 130 Å². The van der Waals surface area contributed by atoms with Crippen molar-refractivity contribution in [3.05, 3.63) is 44.0 Å². The summed E-state index contributed by atoms with van der Waals surface area (Å²) in [5, 5.41) is 21.7. The van der Waals surface area contributed by atoms with Gasteiger partial charge in [0.1, 0.15) is 11.9 Å². The molecular weight excluding hydrogens is 320 g/mol. The smallest absolute Gasteiger partial charge is 0.338 e. The summed E-state index contributed by atoms with van der Waals surface area (Å²) in [5.74, 6) is -0.646. The number of non-ortho nitro benzene ring substituents is 2. The largest absolute Gasteiger partial charge is 0.459 e. The number of hydrogen-bond donors (Lipinski definition) is 0. The number of nitro groups is 2. The van der Waals surface area contributed by atoms with Crippen LogP contribution in [0, 0.1) is 20.2 Å². The van der Waals surface area contributed by atoms with Crippen LogP contribution in [0.2, 0.25) is 0 Å². The Morgan fingerprint density at radius 1 is 1.00 bits per heavy atom. The molecule has 0 unspecified atom stereocenters. The van der Waals surface area contributed by atoms with E-state index in [1.165, 1.54) is 0 Å². The number of nitrogens with zero attached hydrogens (tertiary/aromatic N) is 2. The van der Waals surface area contributed by atoms with Crippen molar-refractivity contribution in [3.63, 3.8) is 0 Å². The third-order valence-corrected chi connectivity index (χ3v) is 3.80. The number of carbonyl (C=O) groups is 2. The van der Waals surface area contributed by atoms with Crippen molar-refractivity contribution in [1.29, 1.82) is 0 Å². The number of ether oxygens (including phenoxy) is 1. The lowest BCUT2D eigenvalue weighted by Gasteiger charge is -2.19. The number of rotatable bonds is 4. The van der Waals surface area contributed by atoms with Crippen LogP contribution in [-0.2, 0) is 9.53 Å². The molecule has 1 aliphatic carbocycles. The molecule has 24 heavy (non-hydrogen) atoms. The molecule has 0 spiro atoms. The molecule has 1 aromatic carbocycles. The highest BCUT2D eigenvalue weighted by Gasteiger charge is 2.23. The zero-order chi connectivity index (χ0) is 17.7. The maximum Gasteiger partial charge on any atom is 0.338 e. The van der Waals surface area contributed by atoms with Crippen LogP contribution in [0.5, 0.6) is 0 Å². The van der Waals surface area contributed by atoms with Gasteiger partial charge in [-0.1, -0.05) is 0 Å². The quantitative estimate of drug-likeness (QED) is 0.469. The van der Waals surface area contributed by atoms with Crippen molar-refractivity contribution in [2.45, 2.75) is 44.6 Å². The summed E-state index contributed by atoms with van der Waals surface area (Å²) in [6.07, 6.45) is 2.73. The van der Waals surface area contributed by atoms with E-state index >= 15 is 0 Å². The summed E-state index contributed by atoms with van der Waals surface area (Å²) in [4.78, 5) is 43.7. The minimum atomic E-state index is -0.835. The lowest BCUT2D eigenvalue weighted by Crippen LogP contribution is -2.21. The zero-order valence-electron chi connectivity index (χ0n) is 12.8. The third-order valence-electron chi connectivity index (χ3n) is 3.80. The van der Waals surface area contributed by atoms with E-state index in [1.54, 1.807) is 0 Å². The molecule has 1 aliphatic rings. The highest BCUT2D eigenvalue weighted by molar-refractivity contribution is 5.91. The van der Waals surface area contributed by atoms with Gasteiger partial charge in [-0.25, -0.2) is 4.79 Å². The van der Waals surface area contributed by atoms with E-state index in [0.717, 1.165) is 18.2 Å². The summed E-state index contributed by atoms with van der Waals surface area (Å²) < 4.78 is 5.32. The second-order valence-electron chi connectivity index (χ2n) is 5.60. The molecule has 0 aliphatic heterocycles. The van der Waals surface area contributed by atoms with E-state index < -0.39 is 33.3 Å². The number of nitro benzene ring substituents is 2. The van der Waals surface area contributed by atoms with Gasteiger partial charge >= 0.3 is 5.97 Å². The van der Waals surface area contributed by atoms with E-state index in [1.807, 2.05) is 0 Å². The van der Waals surface area contributed by atoms with Gasteiger partial charge in [0.15, 0.2) is 0 Å². The average Bonchev–Trinajstić information content (AvgIpc) is 2.51. The Bertz CT molecular complexity index is 642. The van der Waals surface area contributed by atoms with Crippen LogP contribution >= 0.6 is 0 Å². The van der Waals surface area contributed by atoms with Crippen molar-refractivity contribution in [1.82, 2.24) is 0 Å². The number of Topliss-reactive ketones (excluding diaryl/α,β-unsaturated/α-hetero) is 1. The van der Waals surface area contributed by atoms with Gasteiger partial charge in [0.25, 0.3) is 11.4 Å². The Kier molecular flexibility index (Phi) is 5.56. The van der Waals surface area contributed by atoms with Crippen LogP contribution in [0.15, 0.2) is 18.2 Å². The highest BCUT2D eigenvalue weighted by Crippen LogP contribution is 2.25. The third kappa shape index (κ3) is 4.58. The molecule has 1 saturated carbocycles. The Morgan fingerprint density at radius 2 is 1.50 bits per heavy atom. The minimum absolute atomic E-state index is 0.189. The van der Waals surface area contributed by atoms with Crippen molar-refractivity contribution >= 4 is 23.1 Å². The lowest BCUT2D eigenvalue weighted by molar-refractivity contribution is -0.394. The molecular formula is C15H16N2O7. The first-order valence-electron chi connectivity index (χ1n) is 7.53. The van der Waals surface area contributed by atoms with Crippen LogP contribution in [0.4, 0.5) is 11.4 Å². The first-order chi connectivity index (χ1) is 11.4. The molecule has 128 valence electrons. The molecule has 1 fully saturated rings. The standard InChI is InChI=1S/C15H16N2O7/c18-13-3-1-5-14(6-2-4-13)24-15(19)10-7-11(16(20)21)9-12(8-10)17(22)23/h7-9,14H,1-6H2.